The fourth-order valence-electron chi connectivity index (χ4n) is 2.27. The molecular formula is C14H20N2O. The molecule has 0 aromatic heterocycles. The molecule has 1 saturated heterocycles. The van der Waals surface area contributed by atoms with Gasteiger partial charge in [0.05, 0.1) is 6.04 Å². The van der Waals surface area contributed by atoms with Crippen molar-refractivity contribution in [3.05, 3.63) is 35.9 Å². The van der Waals surface area contributed by atoms with E-state index < -0.39 is 0 Å². The number of amides is 1. The average Bonchev–Trinajstić information content (AvgIpc) is 2.83. The van der Waals surface area contributed by atoms with Gasteiger partial charge in [-0.05, 0) is 38.3 Å². The molecule has 2 rings (SSSR count). The zero-order valence-corrected chi connectivity index (χ0v) is 10.3. The molecule has 1 aromatic carbocycles. The lowest BCUT2D eigenvalue weighted by atomic mass is 10.1. The predicted molar refractivity (Wildman–Crippen MR) is 68.8 cm³/mol. The number of rotatable bonds is 4. The van der Waals surface area contributed by atoms with E-state index in [1.54, 1.807) is 0 Å². The lowest BCUT2D eigenvalue weighted by Gasteiger charge is -2.17. The van der Waals surface area contributed by atoms with Crippen molar-refractivity contribution >= 4 is 5.91 Å². The summed E-state index contributed by atoms with van der Waals surface area (Å²) < 4.78 is 0. The van der Waals surface area contributed by atoms with Crippen LogP contribution in [0.1, 0.15) is 25.3 Å². The molecule has 1 unspecified atom stereocenters. The molecule has 0 spiro atoms. The maximum atomic E-state index is 11.9. The highest BCUT2D eigenvalue weighted by molar-refractivity contribution is 5.82. The lowest BCUT2D eigenvalue weighted by Crippen LogP contribution is -2.44. The van der Waals surface area contributed by atoms with Gasteiger partial charge in [-0.3, -0.25) is 4.79 Å². The third-order valence-corrected chi connectivity index (χ3v) is 3.15. The van der Waals surface area contributed by atoms with E-state index in [1.807, 2.05) is 18.2 Å². The van der Waals surface area contributed by atoms with Gasteiger partial charge in [0.25, 0.3) is 0 Å². The minimum absolute atomic E-state index is 0.0215. The fraction of sp³-hybridized carbons (Fsp3) is 0.500. The van der Waals surface area contributed by atoms with Gasteiger partial charge >= 0.3 is 0 Å². The quantitative estimate of drug-likeness (QED) is 0.825. The summed E-state index contributed by atoms with van der Waals surface area (Å²) in [4.78, 5) is 11.9. The standard InChI is InChI=1S/C14H20N2O/c1-11(10-12-6-3-2-4-7-12)16-14(17)13-8-5-9-15-13/h2-4,6-7,11,13,15H,5,8-10H2,1H3,(H,16,17)/t11?,13-/m0/s1. The van der Waals surface area contributed by atoms with Crippen molar-refractivity contribution < 1.29 is 4.79 Å². The first kappa shape index (κ1) is 12.1. The number of nitrogens with one attached hydrogen (secondary N) is 2. The van der Waals surface area contributed by atoms with E-state index in [9.17, 15) is 4.79 Å². The summed E-state index contributed by atoms with van der Waals surface area (Å²) in [7, 11) is 0. The Morgan fingerprint density at radius 2 is 2.24 bits per heavy atom. The van der Waals surface area contributed by atoms with Crippen LogP contribution < -0.4 is 10.6 Å². The molecule has 1 fully saturated rings. The summed E-state index contributed by atoms with van der Waals surface area (Å²) in [5, 5.41) is 6.28. The molecule has 0 bridgehead atoms. The number of benzene rings is 1. The highest BCUT2D eigenvalue weighted by Gasteiger charge is 2.22. The van der Waals surface area contributed by atoms with E-state index in [-0.39, 0.29) is 18.0 Å². The van der Waals surface area contributed by atoms with Gasteiger partial charge in [0, 0.05) is 6.04 Å². The van der Waals surface area contributed by atoms with E-state index in [4.69, 9.17) is 0 Å². The first-order valence-corrected chi connectivity index (χ1v) is 6.33. The second kappa shape index (κ2) is 5.82. The Bertz CT molecular complexity index is 358. The van der Waals surface area contributed by atoms with Crippen LogP contribution in [0.4, 0.5) is 0 Å². The first-order chi connectivity index (χ1) is 8.25. The van der Waals surface area contributed by atoms with Gasteiger partial charge in [-0.1, -0.05) is 30.3 Å². The Morgan fingerprint density at radius 3 is 2.88 bits per heavy atom. The maximum Gasteiger partial charge on any atom is 0.237 e. The van der Waals surface area contributed by atoms with E-state index in [0.29, 0.717) is 0 Å². The largest absolute Gasteiger partial charge is 0.352 e. The molecule has 1 aliphatic rings. The van der Waals surface area contributed by atoms with Crippen LogP contribution in [0, 0.1) is 0 Å². The molecule has 1 heterocycles. The van der Waals surface area contributed by atoms with Crippen LogP contribution >= 0.6 is 0 Å². The molecule has 2 atom stereocenters. The monoisotopic (exact) mass is 232 g/mol. The molecule has 17 heavy (non-hydrogen) atoms. The van der Waals surface area contributed by atoms with E-state index in [0.717, 1.165) is 25.8 Å². The van der Waals surface area contributed by atoms with Gasteiger partial charge < -0.3 is 10.6 Å². The van der Waals surface area contributed by atoms with Crippen molar-refractivity contribution in [1.29, 1.82) is 0 Å². The summed E-state index contributed by atoms with van der Waals surface area (Å²) in [5.41, 5.74) is 1.26. The summed E-state index contributed by atoms with van der Waals surface area (Å²) >= 11 is 0. The van der Waals surface area contributed by atoms with Crippen LogP contribution in [0.2, 0.25) is 0 Å². The number of hydrogen-bond donors (Lipinski definition) is 2. The van der Waals surface area contributed by atoms with Crippen LogP contribution in [0.25, 0.3) is 0 Å². The Labute approximate surface area is 103 Å². The van der Waals surface area contributed by atoms with Gasteiger partial charge in [-0.25, -0.2) is 0 Å². The highest BCUT2D eigenvalue weighted by atomic mass is 16.2. The summed E-state index contributed by atoms with van der Waals surface area (Å²) in [5.74, 6) is 0.144. The molecule has 1 amide bonds. The Kier molecular flexibility index (Phi) is 4.15. The molecule has 0 saturated carbocycles. The zero-order valence-electron chi connectivity index (χ0n) is 10.3. The van der Waals surface area contributed by atoms with E-state index >= 15 is 0 Å². The van der Waals surface area contributed by atoms with Crippen molar-refractivity contribution in [2.45, 2.75) is 38.3 Å². The van der Waals surface area contributed by atoms with Crippen LogP contribution in [-0.2, 0) is 11.2 Å². The Morgan fingerprint density at radius 1 is 1.47 bits per heavy atom. The Hall–Kier alpha value is -1.35. The molecule has 3 nitrogen and oxygen atoms in total. The van der Waals surface area contributed by atoms with Crippen molar-refractivity contribution in [2.24, 2.45) is 0 Å². The third kappa shape index (κ3) is 3.56. The molecule has 2 N–H and O–H groups in total. The normalized spacial score (nSPS) is 21.1. The average molecular weight is 232 g/mol. The fourth-order valence-corrected chi connectivity index (χ4v) is 2.27. The van der Waals surface area contributed by atoms with Crippen molar-refractivity contribution in [2.75, 3.05) is 6.54 Å². The summed E-state index contributed by atoms with van der Waals surface area (Å²) in [6, 6.07) is 10.5. The second-order valence-corrected chi connectivity index (χ2v) is 4.75. The van der Waals surface area contributed by atoms with E-state index in [2.05, 4.69) is 29.7 Å². The molecule has 3 heteroatoms. The minimum Gasteiger partial charge on any atom is -0.352 e. The smallest absolute Gasteiger partial charge is 0.237 e. The number of carbonyl (C=O) groups is 1. The number of hydrogen-bond acceptors (Lipinski definition) is 2. The second-order valence-electron chi connectivity index (χ2n) is 4.75. The van der Waals surface area contributed by atoms with Gasteiger partial charge in [-0.2, -0.15) is 0 Å². The molecule has 0 radical (unpaired) electrons. The molecular weight excluding hydrogens is 212 g/mol. The minimum atomic E-state index is 0.0215. The van der Waals surface area contributed by atoms with Gasteiger partial charge in [-0.15, -0.1) is 0 Å². The van der Waals surface area contributed by atoms with Crippen LogP contribution in [-0.4, -0.2) is 24.5 Å². The maximum absolute atomic E-state index is 11.9. The van der Waals surface area contributed by atoms with Crippen LogP contribution in [0.5, 0.6) is 0 Å². The van der Waals surface area contributed by atoms with Crippen molar-refractivity contribution in [3.8, 4) is 0 Å². The molecule has 92 valence electrons. The summed E-state index contributed by atoms with van der Waals surface area (Å²) in [6.45, 7) is 3.02. The number of carbonyl (C=O) groups excluding carboxylic acids is 1. The lowest BCUT2D eigenvalue weighted by molar-refractivity contribution is -0.123. The first-order valence-electron chi connectivity index (χ1n) is 6.33. The molecule has 1 aromatic rings. The van der Waals surface area contributed by atoms with E-state index in [1.165, 1.54) is 5.56 Å². The molecule has 1 aliphatic heterocycles. The van der Waals surface area contributed by atoms with Crippen LogP contribution in [0.15, 0.2) is 30.3 Å². The third-order valence-electron chi connectivity index (χ3n) is 3.15. The van der Waals surface area contributed by atoms with Gasteiger partial charge in [0.15, 0.2) is 0 Å². The zero-order chi connectivity index (χ0) is 12.1. The summed E-state index contributed by atoms with van der Waals surface area (Å²) in [6.07, 6.45) is 2.95. The van der Waals surface area contributed by atoms with Gasteiger partial charge in [0.1, 0.15) is 0 Å². The highest BCUT2D eigenvalue weighted by Crippen LogP contribution is 2.07. The predicted octanol–water partition coefficient (Wildman–Crippen LogP) is 1.49. The van der Waals surface area contributed by atoms with Crippen LogP contribution in [0.3, 0.4) is 0 Å². The topological polar surface area (TPSA) is 41.1 Å². The van der Waals surface area contributed by atoms with Crippen molar-refractivity contribution in [1.82, 2.24) is 10.6 Å². The SMILES string of the molecule is CC(Cc1ccccc1)NC(=O)[C@@H]1CCCN1. The van der Waals surface area contributed by atoms with Crippen molar-refractivity contribution in [3.63, 3.8) is 0 Å². The molecule has 0 aliphatic carbocycles. The Balaban J connectivity index is 1.80. The van der Waals surface area contributed by atoms with Gasteiger partial charge in [0.2, 0.25) is 5.91 Å².